The van der Waals surface area contributed by atoms with E-state index in [4.69, 9.17) is 4.74 Å². The summed E-state index contributed by atoms with van der Waals surface area (Å²) in [5.41, 5.74) is 3.39. The van der Waals surface area contributed by atoms with Gasteiger partial charge in [0.2, 0.25) is 0 Å². The van der Waals surface area contributed by atoms with Crippen molar-refractivity contribution < 1.29 is 9.13 Å². The van der Waals surface area contributed by atoms with Gasteiger partial charge in [-0.2, -0.15) is 4.52 Å². The van der Waals surface area contributed by atoms with Gasteiger partial charge in [-0.3, -0.25) is 4.90 Å². The summed E-state index contributed by atoms with van der Waals surface area (Å²) in [7, 11) is 0. The molecule has 0 bridgehead atoms. The van der Waals surface area contributed by atoms with Crippen LogP contribution in [-0.2, 0) is 17.8 Å². The number of nitrogens with zero attached hydrogens (tertiary/aromatic N) is 5. The zero-order chi connectivity index (χ0) is 21.0. The van der Waals surface area contributed by atoms with Crippen molar-refractivity contribution in [3.63, 3.8) is 0 Å². The van der Waals surface area contributed by atoms with Crippen LogP contribution in [0.4, 0.5) is 10.2 Å². The molecule has 2 aromatic carbocycles. The highest BCUT2D eigenvalue weighted by Gasteiger charge is 2.14. The Labute approximate surface area is 179 Å². The Morgan fingerprint density at radius 1 is 0.935 bits per heavy atom. The van der Waals surface area contributed by atoms with Crippen LogP contribution in [0.15, 0.2) is 60.7 Å². The van der Waals surface area contributed by atoms with Gasteiger partial charge in [0.25, 0.3) is 0 Å². The summed E-state index contributed by atoms with van der Waals surface area (Å²) in [6, 6.07) is 18.7. The third-order valence-corrected chi connectivity index (χ3v) is 5.35. The smallest absolute Gasteiger partial charge is 0.188 e. The number of halogens is 1. The second-order valence-corrected chi connectivity index (χ2v) is 7.55. The Balaban J connectivity index is 1.31. The molecule has 0 atom stereocenters. The van der Waals surface area contributed by atoms with Crippen molar-refractivity contribution >= 4 is 11.5 Å². The van der Waals surface area contributed by atoms with Gasteiger partial charge in [0.05, 0.1) is 18.8 Å². The molecule has 3 heterocycles. The van der Waals surface area contributed by atoms with Gasteiger partial charge in [0.15, 0.2) is 11.5 Å². The van der Waals surface area contributed by atoms with Gasteiger partial charge >= 0.3 is 0 Å². The van der Waals surface area contributed by atoms with Crippen LogP contribution < -0.4 is 5.32 Å². The summed E-state index contributed by atoms with van der Waals surface area (Å²) < 4.78 is 21.2. The van der Waals surface area contributed by atoms with E-state index in [0.717, 1.165) is 32.8 Å². The van der Waals surface area contributed by atoms with Crippen LogP contribution in [0.5, 0.6) is 0 Å². The van der Waals surface area contributed by atoms with Crippen molar-refractivity contribution in [2.45, 2.75) is 13.1 Å². The van der Waals surface area contributed by atoms with E-state index in [-0.39, 0.29) is 5.82 Å². The quantitative estimate of drug-likeness (QED) is 0.518. The molecule has 1 N–H and O–H groups in total. The van der Waals surface area contributed by atoms with E-state index in [9.17, 15) is 4.39 Å². The van der Waals surface area contributed by atoms with E-state index >= 15 is 0 Å². The highest BCUT2D eigenvalue weighted by Crippen LogP contribution is 2.21. The molecule has 7 nitrogen and oxygen atoms in total. The minimum atomic E-state index is -0.353. The number of anilines is 1. The van der Waals surface area contributed by atoms with E-state index in [2.05, 4.69) is 49.8 Å². The first-order valence-corrected chi connectivity index (χ1v) is 10.4. The zero-order valence-corrected chi connectivity index (χ0v) is 17.0. The van der Waals surface area contributed by atoms with Gasteiger partial charge in [0, 0.05) is 26.2 Å². The maximum absolute atomic E-state index is 14.2. The molecule has 4 aromatic rings. The first kappa shape index (κ1) is 19.6. The fourth-order valence-corrected chi connectivity index (χ4v) is 3.74. The third-order valence-electron chi connectivity index (χ3n) is 5.35. The molecule has 0 spiro atoms. The summed E-state index contributed by atoms with van der Waals surface area (Å²) in [6.07, 6.45) is 0. The molecule has 1 saturated heterocycles. The predicted octanol–water partition coefficient (Wildman–Crippen LogP) is 3.37. The molecule has 0 saturated carbocycles. The summed E-state index contributed by atoms with van der Waals surface area (Å²) in [5, 5.41) is 16.2. The number of nitrogens with one attached hydrogen (secondary N) is 1. The molecule has 0 aliphatic carbocycles. The fraction of sp³-hybridized carbons (Fsp3) is 0.261. The van der Waals surface area contributed by atoms with Gasteiger partial charge in [-0.05, 0) is 35.4 Å². The van der Waals surface area contributed by atoms with E-state index in [0.29, 0.717) is 29.4 Å². The molecule has 1 fully saturated rings. The Bertz CT molecular complexity index is 1190. The van der Waals surface area contributed by atoms with Crippen LogP contribution in [0, 0.1) is 5.82 Å². The number of morpholine rings is 1. The van der Waals surface area contributed by atoms with Gasteiger partial charge in [-0.15, -0.1) is 15.3 Å². The van der Waals surface area contributed by atoms with E-state index in [1.165, 1.54) is 17.2 Å². The topological polar surface area (TPSA) is 67.6 Å². The van der Waals surface area contributed by atoms with Crippen LogP contribution >= 0.6 is 0 Å². The summed E-state index contributed by atoms with van der Waals surface area (Å²) in [4.78, 5) is 2.40. The molecule has 0 radical (unpaired) electrons. The highest BCUT2D eigenvalue weighted by molar-refractivity contribution is 5.60. The van der Waals surface area contributed by atoms with Crippen LogP contribution in [0.3, 0.4) is 0 Å². The second kappa shape index (κ2) is 8.79. The molecule has 8 heteroatoms. The first-order chi connectivity index (χ1) is 15.3. The molecule has 0 amide bonds. The van der Waals surface area contributed by atoms with Gasteiger partial charge in [0.1, 0.15) is 11.6 Å². The average molecular weight is 418 g/mol. The average Bonchev–Trinajstić information content (AvgIpc) is 3.22. The van der Waals surface area contributed by atoms with Crippen molar-refractivity contribution in [1.29, 1.82) is 0 Å². The number of ether oxygens (including phenoxy) is 1. The van der Waals surface area contributed by atoms with Crippen LogP contribution in [0.2, 0.25) is 0 Å². The Hall–Kier alpha value is -3.36. The molecule has 0 unspecified atom stereocenters. The van der Waals surface area contributed by atoms with Crippen molar-refractivity contribution in [2.24, 2.45) is 0 Å². The summed E-state index contributed by atoms with van der Waals surface area (Å²) in [6.45, 7) is 5.09. The molecule has 31 heavy (non-hydrogen) atoms. The van der Waals surface area contributed by atoms with Gasteiger partial charge < -0.3 is 10.1 Å². The Morgan fingerprint density at radius 3 is 2.65 bits per heavy atom. The number of rotatable bonds is 6. The summed E-state index contributed by atoms with van der Waals surface area (Å²) >= 11 is 0. The number of hydrogen-bond acceptors (Lipinski definition) is 6. The van der Waals surface area contributed by atoms with Crippen molar-refractivity contribution in [2.75, 3.05) is 31.6 Å². The summed E-state index contributed by atoms with van der Waals surface area (Å²) in [5.74, 6) is 0.696. The lowest BCUT2D eigenvalue weighted by Crippen LogP contribution is -2.35. The Morgan fingerprint density at radius 2 is 1.77 bits per heavy atom. The normalized spacial score (nSPS) is 14.7. The molecule has 1 aliphatic heterocycles. The molecule has 158 valence electrons. The van der Waals surface area contributed by atoms with Crippen molar-refractivity contribution in [3.05, 3.63) is 77.6 Å². The van der Waals surface area contributed by atoms with Gasteiger partial charge in [-0.25, -0.2) is 4.39 Å². The monoisotopic (exact) mass is 418 g/mol. The standard InChI is InChI=1S/C23H23FN6O/c24-20-7-2-1-6-19(20)23-27-26-22-9-8-21(28-30(22)23)25-15-17-4-3-5-18(14-17)16-29-10-12-31-13-11-29/h1-9,14H,10-13,15-16H2,(H,25,28). The number of hydrogen-bond donors (Lipinski definition) is 1. The maximum atomic E-state index is 14.2. The Kier molecular flexibility index (Phi) is 5.56. The number of benzene rings is 2. The predicted molar refractivity (Wildman–Crippen MR) is 116 cm³/mol. The molecule has 1 aliphatic rings. The van der Waals surface area contributed by atoms with Crippen LogP contribution in [-0.4, -0.2) is 51.0 Å². The molecule has 5 rings (SSSR count). The zero-order valence-electron chi connectivity index (χ0n) is 17.0. The maximum Gasteiger partial charge on any atom is 0.188 e. The number of aromatic nitrogens is 4. The molecule has 2 aromatic heterocycles. The fourth-order valence-electron chi connectivity index (χ4n) is 3.74. The van der Waals surface area contributed by atoms with E-state index in [1.54, 1.807) is 22.7 Å². The lowest BCUT2D eigenvalue weighted by Gasteiger charge is -2.26. The van der Waals surface area contributed by atoms with Crippen LogP contribution in [0.25, 0.3) is 17.0 Å². The molecular formula is C23H23FN6O. The van der Waals surface area contributed by atoms with Crippen molar-refractivity contribution in [3.8, 4) is 11.4 Å². The van der Waals surface area contributed by atoms with E-state index < -0.39 is 0 Å². The minimum Gasteiger partial charge on any atom is -0.379 e. The molecular weight excluding hydrogens is 395 g/mol. The van der Waals surface area contributed by atoms with E-state index in [1.807, 2.05) is 12.1 Å². The van der Waals surface area contributed by atoms with Crippen LogP contribution in [0.1, 0.15) is 11.1 Å². The van der Waals surface area contributed by atoms with Crippen molar-refractivity contribution in [1.82, 2.24) is 24.7 Å². The number of fused-ring (bicyclic) bond motifs is 1. The lowest BCUT2D eigenvalue weighted by atomic mass is 10.1. The lowest BCUT2D eigenvalue weighted by molar-refractivity contribution is 0.0342. The first-order valence-electron chi connectivity index (χ1n) is 10.4. The highest BCUT2D eigenvalue weighted by atomic mass is 19.1. The third kappa shape index (κ3) is 4.40. The second-order valence-electron chi connectivity index (χ2n) is 7.55. The minimum absolute atomic E-state index is 0.353. The SMILES string of the molecule is Fc1ccccc1-c1nnc2ccc(NCc3cccc(CN4CCOCC4)c3)nn12. The largest absolute Gasteiger partial charge is 0.379 e. The van der Waals surface area contributed by atoms with Gasteiger partial charge in [-0.1, -0.05) is 36.4 Å².